The molecule has 0 aliphatic rings. The number of Topliss-reactive ketones (excluding diaryl/α,β-unsaturated/α-hetero) is 1. The molecule has 0 aliphatic carbocycles. The normalized spacial score (nSPS) is 13.2. The van der Waals surface area contributed by atoms with E-state index in [9.17, 15) is 22.8 Å². The highest BCUT2D eigenvalue weighted by atomic mass is 32.2. The number of sulfonamides is 1. The molecule has 33 heavy (non-hydrogen) atoms. The highest BCUT2D eigenvalue weighted by Crippen LogP contribution is 2.17. The van der Waals surface area contributed by atoms with Crippen LogP contribution in [0.2, 0.25) is 0 Å². The molecule has 1 unspecified atom stereocenters. The van der Waals surface area contributed by atoms with Gasteiger partial charge in [-0.1, -0.05) is 13.8 Å². The first-order valence-corrected chi connectivity index (χ1v) is 11.7. The van der Waals surface area contributed by atoms with E-state index < -0.39 is 33.9 Å². The molecule has 2 rings (SSSR count). The summed E-state index contributed by atoms with van der Waals surface area (Å²) in [4.78, 5) is 36.7. The topological polar surface area (TPSA) is 128 Å². The van der Waals surface area contributed by atoms with Gasteiger partial charge in [0.25, 0.3) is 0 Å². The number of anilines is 1. The van der Waals surface area contributed by atoms with Crippen molar-refractivity contribution in [1.82, 2.24) is 4.72 Å². The molecule has 2 atom stereocenters. The molecule has 0 aromatic heterocycles. The molecule has 178 valence electrons. The number of hydrogen-bond acceptors (Lipinski definition) is 7. The second kappa shape index (κ2) is 11.1. The van der Waals surface area contributed by atoms with E-state index in [1.54, 1.807) is 26.0 Å². The summed E-state index contributed by atoms with van der Waals surface area (Å²) in [7, 11) is -2.52. The first-order chi connectivity index (χ1) is 15.4. The van der Waals surface area contributed by atoms with Gasteiger partial charge in [-0.05, 0) is 62.4 Å². The zero-order valence-electron chi connectivity index (χ0n) is 19.1. The van der Waals surface area contributed by atoms with Crippen molar-refractivity contribution in [3.63, 3.8) is 0 Å². The van der Waals surface area contributed by atoms with E-state index in [2.05, 4.69) is 10.0 Å². The maximum Gasteiger partial charge on any atom is 0.324 e. The van der Waals surface area contributed by atoms with Crippen LogP contribution in [0.15, 0.2) is 53.4 Å². The number of benzene rings is 2. The SMILES string of the molecule is COc1ccc(S(=O)(=O)N[C@@H](C)C(=O)OC(C)C(=O)c2ccc(NC(=O)C(C)C)cc2)cc1. The lowest BCUT2D eigenvalue weighted by Crippen LogP contribution is -2.41. The molecule has 0 aliphatic heterocycles. The van der Waals surface area contributed by atoms with Crippen LogP contribution in [0.1, 0.15) is 38.1 Å². The summed E-state index contributed by atoms with van der Waals surface area (Å²) in [5, 5.41) is 2.72. The van der Waals surface area contributed by atoms with Crippen molar-refractivity contribution in [1.29, 1.82) is 0 Å². The highest BCUT2D eigenvalue weighted by molar-refractivity contribution is 7.89. The number of rotatable bonds is 10. The number of hydrogen-bond donors (Lipinski definition) is 2. The van der Waals surface area contributed by atoms with Crippen LogP contribution in [0.4, 0.5) is 5.69 Å². The van der Waals surface area contributed by atoms with Crippen LogP contribution in [0.5, 0.6) is 5.75 Å². The third kappa shape index (κ3) is 7.13. The van der Waals surface area contributed by atoms with Gasteiger partial charge in [-0.25, -0.2) is 8.42 Å². The molecule has 0 saturated heterocycles. The third-order valence-corrected chi connectivity index (χ3v) is 6.24. The molecule has 2 aromatic rings. The van der Waals surface area contributed by atoms with Crippen LogP contribution in [0.3, 0.4) is 0 Å². The minimum Gasteiger partial charge on any atom is -0.497 e. The number of methoxy groups -OCH3 is 1. The van der Waals surface area contributed by atoms with Crippen molar-refractivity contribution < 1.29 is 32.3 Å². The maximum absolute atomic E-state index is 12.6. The first kappa shape index (κ1) is 26.0. The molecular formula is C23H28N2O7S. The maximum atomic E-state index is 12.6. The predicted molar refractivity (Wildman–Crippen MR) is 123 cm³/mol. The van der Waals surface area contributed by atoms with E-state index >= 15 is 0 Å². The Balaban J connectivity index is 1.97. The van der Waals surface area contributed by atoms with E-state index in [4.69, 9.17) is 9.47 Å². The van der Waals surface area contributed by atoms with Gasteiger partial charge in [0.05, 0.1) is 12.0 Å². The fourth-order valence-electron chi connectivity index (χ4n) is 2.67. The van der Waals surface area contributed by atoms with Crippen molar-refractivity contribution in [2.24, 2.45) is 5.92 Å². The molecular weight excluding hydrogens is 448 g/mol. The van der Waals surface area contributed by atoms with Gasteiger partial charge < -0.3 is 14.8 Å². The van der Waals surface area contributed by atoms with Crippen LogP contribution in [-0.4, -0.2) is 45.3 Å². The van der Waals surface area contributed by atoms with E-state index in [0.29, 0.717) is 11.4 Å². The van der Waals surface area contributed by atoms with Crippen molar-refractivity contribution in [3.8, 4) is 5.75 Å². The number of nitrogens with one attached hydrogen (secondary N) is 2. The number of carbonyl (C=O) groups excluding carboxylic acids is 3. The smallest absolute Gasteiger partial charge is 0.324 e. The van der Waals surface area contributed by atoms with Crippen molar-refractivity contribution in [3.05, 3.63) is 54.1 Å². The minimum atomic E-state index is -3.98. The molecule has 0 heterocycles. The summed E-state index contributed by atoms with van der Waals surface area (Å²) in [6.07, 6.45) is -1.14. The predicted octanol–water partition coefficient (Wildman–Crippen LogP) is 2.77. The summed E-state index contributed by atoms with van der Waals surface area (Å²) in [6.45, 7) is 6.26. The van der Waals surface area contributed by atoms with E-state index in [0.717, 1.165) is 0 Å². The second-order valence-corrected chi connectivity index (χ2v) is 9.40. The molecule has 1 amide bonds. The molecule has 2 aromatic carbocycles. The van der Waals surface area contributed by atoms with E-state index in [-0.39, 0.29) is 22.3 Å². The largest absolute Gasteiger partial charge is 0.497 e. The average Bonchev–Trinajstić information content (AvgIpc) is 2.78. The monoisotopic (exact) mass is 476 g/mol. The fourth-order valence-corrected chi connectivity index (χ4v) is 3.86. The molecule has 10 heteroatoms. The van der Waals surface area contributed by atoms with Gasteiger partial charge in [0, 0.05) is 17.2 Å². The Kier molecular flexibility index (Phi) is 8.72. The summed E-state index contributed by atoms with van der Waals surface area (Å²) in [6, 6.07) is 10.6. The van der Waals surface area contributed by atoms with Crippen molar-refractivity contribution in [2.45, 2.75) is 44.7 Å². The molecule has 9 nitrogen and oxygen atoms in total. The van der Waals surface area contributed by atoms with Gasteiger partial charge in [-0.2, -0.15) is 4.72 Å². The molecule has 0 fully saturated rings. The van der Waals surface area contributed by atoms with Gasteiger partial charge >= 0.3 is 5.97 Å². The zero-order chi connectivity index (χ0) is 24.8. The van der Waals surface area contributed by atoms with Crippen LogP contribution in [0.25, 0.3) is 0 Å². The zero-order valence-corrected chi connectivity index (χ0v) is 19.9. The molecule has 0 spiro atoms. The van der Waals surface area contributed by atoms with Crippen molar-refractivity contribution in [2.75, 3.05) is 12.4 Å². The summed E-state index contributed by atoms with van der Waals surface area (Å²) >= 11 is 0. The number of ether oxygens (including phenoxy) is 2. The number of esters is 1. The van der Waals surface area contributed by atoms with Gasteiger partial charge in [0.2, 0.25) is 21.7 Å². The van der Waals surface area contributed by atoms with Gasteiger partial charge in [-0.3, -0.25) is 14.4 Å². The van der Waals surface area contributed by atoms with Crippen LogP contribution in [-0.2, 0) is 24.3 Å². The Bertz CT molecular complexity index is 1090. The summed E-state index contributed by atoms with van der Waals surface area (Å²) in [5.41, 5.74) is 0.820. The Morgan fingerprint density at radius 1 is 0.879 bits per heavy atom. The molecule has 0 bridgehead atoms. The van der Waals surface area contributed by atoms with Gasteiger partial charge in [0.15, 0.2) is 6.10 Å². The van der Waals surface area contributed by atoms with Crippen LogP contribution < -0.4 is 14.8 Å². The van der Waals surface area contributed by atoms with Gasteiger partial charge in [0.1, 0.15) is 11.8 Å². The lowest BCUT2D eigenvalue weighted by molar-refractivity contribution is -0.147. The van der Waals surface area contributed by atoms with Crippen molar-refractivity contribution >= 4 is 33.4 Å². The lowest BCUT2D eigenvalue weighted by atomic mass is 10.1. The first-order valence-electron chi connectivity index (χ1n) is 10.3. The Hall–Kier alpha value is -3.24. The third-order valence-electron chi connectivity index (χ3n) is 4.68. The Morgan fingerprint density at radius 3 is 1.97 bits per heavy atom. The number of carbonyl (C=O) groups is 3. The highest BCUT2D eigenvalue weighted by Gasteiger charge is 2.27. The molecule has 2 N–H and O–H groups in total. The summed E-state index contributed by atoms with van der Waals surface area (Å²) in [5.74, 6) is -1.20. The standard InChI is InChI=1S/C23H28N2O7S/c1-14(2)22(27)24-18-8-6-17(7-9-18)21(26)16(4)32-23(28)15(3)25-33(29,30)20-12-10-19(31-5)11-13-20/h6-16,25H,1-5H3,(H,24,27)/t15-,16?/m0/s1. The van der Waals surface area contributed by atoms with Crippen LogP contribution >= 0.6 is 0 Å². The molecule has 0 saturated carbocycles. The number of amides is 1. The van der Waals surface area contributed by atoms with E-state index in [1.165, 1.54) is 57.4 Å². The second-order valence-electron chi connectivity index (χ2n) is 7.68. The average molecular weight is 477 g/mol. The molecule has 0 radical (unpaired) electrons. The van der Waals surface area contributed by atoms with E-state index in [1.807, 2.05) is 0 Å². The minimum absolute atomic E-state index is 0.0447. The Labute approximate surface area is 193 Å². The Morgan fingerprint density at radius 2 is 1.45 bits per heavy atom. The van der Waals surface area contributed by atoms with Gasteiger partial charge in [-0.15, -0.1) is 0 Å². The van der Waals surface area contributed by atoms with Crippen LogP contribution in [0, 0.1) is 5.92 Å². The fraction of sp³-hybridized carbons (Fsp3) is 0.348. The quantitative estimate of drug-likeness (QED) is 0.399. The number of ketones is 1. The summed E-state index contributed by atoms with van der Waals surface area (Å²) < 4.78 is 37.4. The lowest BCUT2D eigenvalue weighted by Gasteiger charge is -2.17.